The normalized spacial score (nSPS) is 23.7. The van der Waals surface area contributed by atoms with E-state index in [1.807, 2.05) is 0 Å². The fourth-order valence-electron chi connectivity index (χ4n) is 3.90. The molecule has 0 unspecified atom stereocenters. The maximum Gasteiger partial charge on any atom is 0.0555 e. The molecular weight excluding hydrogens is 324 g/mol. The summed E-state index contributed by atoms with van der Waals surface area (Å²) in [6.45, 7) is 6.50. The first-order chi connectivity index (χ1) is 11.2. The van der Waals surface area contributed by atoms with Crippen molar-refractivity contribution in [2.75, 3.05) is 32.8 Å². The van der Waals surface area contributed by atoms with Crippen molar-refractivity contribution in [2.24, 2.45) is 0 Å². The Morgan fingerprint density at radius 3 is 1.70 bits per heavy atom. The summed E-state index contributed by atoms with van der Waals surface area (Å²) < 4.78 is 0.828. The van der Waals surface area contributed by atoms with Crippen molar-refractivity contribution in [2.45, 2.75) is 80.6 Å². The Bertz CT molecular complexity index is 316. The van der Waals surface area contributed by atoms with E-state index in [-0.39, 0.29) is 6.61 Å². The second-order valence-electron chi connectivity index (χ2n) is 7.33. The Labute approximate surface area is 150 Å². The fraction of sp³-hybridized carbons (Fsp3) is 1.00. The highest BCUT2D eigenvalue weighted by Gasteiger charge is 2.39. The van der Waals surface area contributed by atoms with E-state index in [0.29, 0.717) is 9.49 Å². The molecule has 2 saturated carbocycles. The van der Waals surface area contributed by atoms with Crippen LogP contribution in [0.4, 0.5) is 0 Å². The van der Waals surface area contributed by atoms with Crippen LogP contribution in [0, 0.1) is 0 Å². The molecule has 0 aromatic heterocycles. The van der Waals surface area contributed by atoms with E-state index in [1.54, 1.807) is 0 Å². The zero-order valence-electron chi connectivity index (χ0n) is 14.9. The highest BCUT2D eigenvalue weighted by atomic mass is 33.1. The zero-order chi connectivity index (χ0) is 16.4. The van der Waals surface area contributed by atoms with Crippen LogP contribution in [0.15, 0.2) is 0 Å². The van der Waals surface area contributed by atoms with E-state index in [2.05, 4.69) is 39.1 Å². The van der Waals surface area contributed by atoms with E-state index in [0.717, 1.165) is 19.6 Å². The molecule has 0 aliphatic heterocycles. The summed E-state index contributed by atoms with van der Waals surface area (Å²) in [6, 6.07) is 0. The van der Waals surface area contributed by atoms with Crippen LogP contribution >= 0.6 is 21.6 Å². The summed E-state index contributed by atoms with van der Waals surface area (Å²) in [4.78, 5) is 0. The molecule has 0 heterocycles. The molecular formula is C18H36N2OS2. The summed E-state index contributed by atoms with van der Waals surface area (Å²) >= 11 is 0. The third-order valence-corrected chi connectivity index (χ3v) is 9.62. The van der Waals surface area contributed by atoms with Gasteiger partial charge in [-0.25, -0.2) is 0 Å². The average molecular weight is 361 g/mol. The zero-order valence-corrected chi connectivity index (χ0v) is 16.5. The maximum absolute atomic E-state index is 9.07. The lowest BCUT2D eigenvalue weighted by Crippen LogP contribution is -2.42. The van der Waals surface area contributed by atoms with Crippen molar-refractivity contribution in [1.82, 2.24) is 10.6 Å². The largest absolute Gasteiger partial charge is 0.395 e. The van der Waals surface area contributed by atoms with Gasteiger partial charge in [-0.15, -0.1) is 0 Å². The first kappa shape index (κ1) is 19.9. The lowest BCUT2D eigenvalue weighted by atomic mass is 9.88. The number of hydrogen-bond donors (Lipinski definition) is 3. The average Bonchev–Trinajstić information content (AvgIpc) is 2.61. The summed E-state index contributed by atoms with van der Waals surface area (Å²) in [7, 11) is 4.38. The van der Waals surface area contributed by atoms with Crippen molar-refractivity contribution < 1.29 is 5.11 Å². The minimum Gasteiger partial charge on any atom is -0.395 e. The molecule has 2 aliphatic rings. The van der Waals surface area contributed by atoms with Gasteiger partial charge in [0.1, 0.15) is 0 Å². The second kappa shape index (κ2) is 10.5. The highest BCUT2D eigenvalue weighted by Crippen LogP contribution is 2.53. The quantitative estimate of drug-likeness (QED) is 0.406. The van der Waals surface area contributed by atoms with Crippen LogP contribution in [-0.4, -0.2) is 47.4 Å². The molecule has 136 valence electrons. The van der Waals surface area contributed by atoms with Crippen LogP contribution in [0.2, 0.25) is 0 Å². The second-order valence-corrected chi connectivity index (χ2v) is 10.4. The van der Waals surface area contributed by atoms with Gasteiger partial charge in [0.15, 0.2) is 0 Å². The third kappa shape index (κ3) is 6.43. The number of aliphatic hydroxyl groups excluding tert-OH is 1. The predicted octanol–water partition coefficient (Wildman–Crippen LogP) is 3.97. The SMILES string of the molecule is CCNCC1(SSC2(CNCCO)CCCCC2)CCCCC1. The van der Waals surface area contributed by atoms with Crippen LogP contribution in [0.5, 0.6) is 0 Å². The Balaban J connectivity index is 1.93. The summed E-state index contributed by atoms with van der Waals surface area (Å²) in [5, 5.41) is 16.2. The van der Waals surface area contributed by atoms with Crippen molar-refractivity contribution in [1.29, 1.82) is 0 Å². The lowest BCUT2D eigenvalue weighted by Gasteiger charge is -2.42. The first-order valence-corrected chi connectivity index (χ1v) is 11.8. The molecule has 2 aliphatic carbocycles. The molecule has 0 aromatic carbocycles. The van der Waals surface area contributed by atoms with Crippen LogP contribution in [0.3, 0.4) is 0 Å². The van der Waals surface area contributed by atoms with Crippen LogP contribution in [0.25, 0.3) is 0 Å². The molecule has 2 rings (SSSR count). The molecule has 23 heavy (non-hydrogen) atoms. The Hall–Kier alpha value is 0.580. The van der Waals surface area contributed by atoms with Gasteiger partial charge in [0.25, 0.3) is 0 Å². The third-order valence-electron chi connectivity index (χ3n) is 5.36. The summed E-state index contributed by atoms with van der Waals surface area (Å²) in [5.41, 5.74) is 0. The van der Waals surface area contributed by atoms with Gasteiger partial charge < -0.3 is 15.7 Å². The molecule has 2 fully saturated rings. The molecule has 0 aromatic rings. The van der Waals surface area contributed by atoms with Crippen molar-refractivity contribution in [3.05, 3.63) is 0 Å². The maximum atomic E-state index is 9.07. The number of nitrogens with one attached hydrogen (secondary N) is 2. The van der Waals surface area contributed by atoms with E-state index < -0.39 is 0 Å². The van der Waals surface area contributed by atoms with Gasteiger partial charge in [-0.2, -0.15) is 0 Å². The number of rotatable bonds is 10. The summed E-state index contributed by atoms with van der Waals surface area (Å²) in [6.07, 6.45) is 13.8. The van der Waals surface area contributed by atoms with Crippen LogP contribution < -0.4 is 10.6 Å². The smallest absolute Gasteiger partial charge is 0.0555 e. The Morgan fingerprint density at radius 2 is 1.26 bits per heavy atom. The van der Waals surface area contributed by atoms with E-state index >= 15 is 0 Å². The molecule has 0 radical (unpaired) electrons. The summed E-state index contributed by atoms with van der Waals surface area (Å²) in [5.74, 6) is 0. The Kier molecular flexibility index (Phi) is 9.12. The van der Waals surface area contributed by atoms with Gasteiger partial charge in [-0.1, -0.05) is 67.0 Å². The highest BCUT2D eigenvalue weighted by molar-refractivity contribution is 8.77. The van der Waals surface area contributed by atoms with Crippen molar-refractivity contribution in [3.8, 4) is 0 Å². The van der Waals surface area contributed by atoms with Gasteiger partial charge in [0.05, 0.1) is 6.61 Å². The number of aliphatic hydroxyl groups is 1. The fourth-order valence-corrected chi connectivity index (χ4v) is 7.90. The monoisotopic (exact) mass is 360 g/mol. The minimum absolute atomic E-state index is 0.248. The lowest BCUT2D eigenvalue weighted by molar-refractivity contribution is 0.284. The molecule has 5 heteroatoms. The van der Waals surface area contributed by atoms with Crippen molar-refractivity contribution in [3.63, 3.8) is 0 Å². The van der Waals surface area contributed by atoms with E-state index in [9.17, 15) is 0 Å². The van der Waals surface area contributed by atoms with Gasteiger partial charge >= 0.3 is 0 Å². The molecule has 0 amide bonds. The molecule has 0 atom stereocenters. The van der Waals surface area contributed by atoms with Crippen LogP contribution in [0.1, 0.15) is 71.1 Å². The van der Waals surface area contributed by atoms with Crippen molar-refractivity contribution >= 4 is 21.6 Å². The Morgan fingerprint density at radius 1 is 0.783 bits per heavy atom. The number of hydrogen-bond acceptors (Lipinski definition) is 5. The van der Waals surface area contributed by atoms with Gasteiger partial charge in [0.2, 0.25) is 0 Å². The minimum atomic E-state index is 0.248. The van der Waals surface area contributed by atoms with E-state index in [1.165, 1.54) is 70.8 Å². The predicted molar refractivity (Wildman–Crippen MR) is 105 cm³/mol. The first-order valence-electron chi connectivity index (χ1n) is 9.63. The molecule has 3 nitrogen and oxygen atoms in total. The van der Waals surface area contributed by atoms with E-state index in [4.69, 9.17) is 5.11 Å². The molecule has 0 bridgehead atoms. The van der Waals surface area contributed by atoms with Crippen LogP contribution in [-0.2, 0) is 0 Å². The van der Waals surface area contributed by atoms with Gasteiger partial charge in [0, 0.05) is 29.1 Å². The van der Waals surface area contributed by atoms with Gasteiger partial charge in [-0.3, -0.25) is 0 Å². The molecule has 0 spiro atoms. The molecule has 0 saturated heterocycles. The topological polar surface area (TPSA) is 44.3 Å². The standard InChI is InChI=1S/C18H36N2OS2/c1-2-19-15-17(9-5-3-6-10-17)22-23-18(16-20-13-14-21)11-7-4-8-12-18/h19-21H,2-16H2,1H3. The van der Waals surface area contributed by atoms with Gasteiger partial charge in [-0.05, 0) is 32.2 Å². The molecule has 3 N–H and O–H groups in total.